The summed E-state index contributed by atoms with van der Waals surface area (Å²) in [6, 6.07) is 7.92. The van der Waals surface area contributed by atoms with Crippen molar-refractivity contribution < 1.29 is 14.6 Å². The summed E-state index contributed by atoms with van der Waals surface area (Å²) in [7, 11) is 0. The summed E-state index contributed by atoms with van der Waals surface area (Å²) in [6.45, 7) is 2.39. The maximum atomic E-state index is 11.5. The summed E-state index contributed by atoms with van der Waals surface area (Å²) in [5.74, 6) is 0.0563. The fraction of sp³-hybridized carbons (Fsp3) is 0.562. The van der Waals surface area contributed by atoms with E-state index in [9.17, 15) is 9.90 Å². The summed E-state index contributed by atoms with van der Waals surface area (Å²) in [5.41, 5.74) is 0.583. The minimum absolute atomic E-state index is 0.286. The van der Waals surface area contributed by atoms with E-state index in [4.69, 9.17) is 4.74 Å². The Labute approximate surface area is 114 Å². The lowest BCUT2D eigenvalue weighted by atomic mass is 9.75. The second-order valence-corrected chi connectivity index (χ2v) is 5.43. The third-order valence-electron chi connectivity index (χ3n) is 4.11. The Balaban J connectivity index is 2.00. The molecule has 0 bridgehead atoms. The fourth-order valence-corrected chi connectivity index (χ4v) is 2.69. The van der Waals surface area contributed by atoms with E-state index < -0.39 is 11.4 Å². The molecule has 0 spiro atoms. The molecule has 19 heavy (non-hydrogen) atoms. The number of carboxylic acid groups (broad SMARTS) is 1. The lowest BCUT2D eigenvalue weighted by Gasteiger charge is -2.32. The Morgan fingerprint density at radius 1 is 1.21 bits per heavy atom. The van der Waals surface area contributed by atoms with Crippen LogP contribution in [0.4, 0.5) is 0 Å². The lowest BCUT2D eigenvalue weighted by Crippen LogP contribution is -2.38. The van der Waals surface area contributed by atoms with E-state index in [1.165, 1.54) is 5.56 Å². The highest BCUT2D eigenvalue weighted by atomic mass is 16.5. The Bertz CT molecular complexity index is 416. The second-order valence-electron chi connectivity index (χ2n) is 5.43. The highest BCUT2D eigenvalue weighted by molar-refractivity contribution is 5.75. The Kier molecular flexibility index (Phi) is 4.46. The van der Waals surface area contributed by atoms with Gasteiger partial charge in [-0.05, 0) is 37.0 Å². The largest absolute Gasteiger partial charge is 0.492 e. The van der Waals surface area contributed by atoms with Gasteiger partial charge in [-0.2, -0.15) is 0 Å². The number of carboxylic acids is 1. The first kappa shape index (κ1) is 13.9. The molecule has 2 rings (SSSR count). The number of rotatable bonds is 5. The molecule has 104 valence electrons. The molecule has 1 saturated carbocycles. The van der Waals surface area contributed by atoms with Crippen molar-refractivity contribution in [2.45, 2.75) is 45.4 Å². The summed E-state index contributed by atoms with van der Waals surface area (Å²) < 4.78 is 5.73. The number of benzene rings is 1. The van der Waals surface area contributed by atoms with Crippen molar-refractivity contribution in [3.05, 3.63) is 29.8 Å². The van der Waals surface area contributed by atoms with Gasteiger partial charge in [-0.15, -0.1) is 0 Å². The highest BCUT2D eigenvalue weighted by Crippen LogP contribution is 2.37. The average molecular weight is 262 g/mol. The Morgan fingerprint density at radius 3 is 2.37 bits per heavy atom. The molecule has 0 atom stereocenters. The molecule has 1 fully saturated rings. The zero-order valence-corrected chi connectivity index (χ0v) is 11.5. The van der Waals surface area contributed by atoms with Crippen molar-refractivity contribution in [1.29, 1.82) is 0 Å². The average Bonchev–Trinajstić information content (AvgIpc) is 2.46. The van der Waals surface area contributed by atoms with Crippen molar-refractivity contribution in [2.75, 3.05) is 6.61 Å². The molecule has 0 saturated heterocycles. The smallest absolute Gasteiger partial charge is 0.313 e. The van der Waals surface area contributed by atoms with Gasteiger partial charge in [0.2, 0.25) is 0 Å². The van der Waals surface area contributed by atoms with Crippen molar-refractivity contribution in [1.82, 2.24) is 0 Å². The minimum Gasteiger partial charge on any atom is -0.492 e. The van der Waals surface area contributed by atoms with Crippen LogP contribution in [0.3, 0.4) is 0 Å². The third-order valence-corrected chi connectivity index (χ3v) is 4.11. The highest BCUT2D eigenvalue weighted by Gasteiger charge is 2.40. The van der Waals surface area contributed by atoms with Crippen LogP contribution >= 0.6 is 0 Å². The fourth-order valence-electron chi connectivity index (χ4n) is 2.69. The molecular formula is C16H22O3. The van der Waals surface area contributed by atoms with Crippen LogP contribution in [0.2, 0.25) is 0 Å². The first-order chi connectivity index (χ1) is 9.16. The molecule has 1 aromatic rings. The van der Waals surface area contributed by atoms with E-state index >= 15 is 0 Å². The number of ether oxygens (including phenoxy) is 1. The van der Waals surface area contributed by atoms with E-state index in [2.05, 4.69) is 6.92 Å². The number of aliphatic carboxylic acids is 1. The standard InChI is InChI=1S/C16H22O3/c1-2-13-6-8-14(9-7-13)19-12-16(15(17)18)10-4-3-5-11-16/h6-9H,2-5,10-12H2,1H3,(H,17,18). The van der Waals surface area contributed by atoms with E-state index in [0.29, 0.717) is 0 Å². The van der Waals surface area contributed by atoms with Crippen molar-refractivity contribution >= 4 is 5.97 Å². The molecule has 0 heterocycles. The van der Waals surface area contributed by atoms with Gasteiger partial charge in [0.15, 0.2) is 0 Å². The van der Waals surface area contributed by atoms with Crippen LogP contribution in [0.25, 0.3) is 0 Å². The van der Waals surface area contributed by atoms with Gasteiger partial charge in [-0.25, -0.2) is 0 Å². The molecule has 0 radical (unpaired) electrons. The van der Waals surface area contributed by atoms with E-state index in [-0.39, 0.29) is 6.61 Å². The van der Waals surface area contributed by atoms with Crippen LogP contribution in [0.1, 0.15) is 44.6 Å². The first-order valence-electron chi connectivity index (χ1n) is 7.11. The molecule has 1 N–H and O–H groups in total. The summed E-state index contributed by atoms with van der Waals surface area (Å²) in [6.07, 6.45) is 5.58. The van der Waals surface area contributed by atoms with Gasteiger partial charge in [0, 0.05) is 0 Å². The van der Waals surface area contributed by atoms with Gasteiger partial charge in [0.05, 0.1) is 0 Å². The van der Waals surface area contributed by atoms with Crippen LogP contribution in [0.15, 0.2) is 24.3 Å². The second kappa shape index (κ2) is 6.09. The lowest BCUT2D eigenvalue weighted by molar-refractivity contribution is -0.153. The predicted octanol–water partition coefficient (Wildman–Crippen LogP) is 3.66. The van der Waals surface area contributed by atoms with Gasteiger partial charge < -0.3 is 9.84 Å². The Hall–Kier alpha value is -1.51. The molecule has 0 unspecified atom stereocenters. The van der Waals surface area contributed by atoms with E-state index in [1.54, 1.807) is 0 Å². The van der Waals surface area contributed by atoms with Gasteiger partial charge >= 0.3 is 5.97 Å². The molecule has 3 heteroatoms. The van der Waals surface area contributed by atoms with Crippen LogP contribution < -0.4 is 4.74 Å². The Morgan fingerprint density at radius 2 is 1.84 bits per heavy atom. The molecule has 0 aromatic heterocycles. The molecule has 1 aliphatic rings. The van der Waals surface area contributed by atoms with Crippen molar-refractivity contribution in [3.63, 3.8) is 0 Å². The number of carbonyl (C=O) groups is 1. The molecule has 0 amide bonds. The van der Waals surface area contributed by atoms with Crippen LogP contribution in [-0.2, 0) is 11.2 Å². The number of hydrogen-bond donors (Lipinski definition) is 1. The minimum atomic E-state index is -0.711. The summed E-state index contributed by atoms with van der Waals surface area (Å²) in [4.78, 5) is 11.5. The van der Waals surface area contributed by atoms with Crippen LogP contribution in [0.5, 0.6) is 5.75 Å². The molecule has 0 aliphatic heterocycles. The number of aryl methyl sites for hydroxylation is 1. The molecule has 1 aromatic carbocycles. The summed E-state index contributed by atoms with van der Waals surface area (Å²) in [5, 5.41) is 9.47. The van der Waals surface area contributed by atoms with E-state index in [0.717, 1.165) is 44.3 Å². The van der Waals surface area contributed by atoms with Crippen LogP contribution in [-0.4, -0.2) is 17.7 Å². The molecular weight excluding hydrogens is 240 g/mol. The molecule has 3 nitrogen and oxygen atoms in total. The topological polar surface area (TPSA) is 46.5 Å². The van der Waals surface area contributed by atoms with Gasteiger partial charge in [-0.3, -0.25) is 4.79 Å². The number of hydrogen-bond acceptors (Lipinski definition) is 2. The predicted molar refractivity (Wildman–Crippen MR) is 74.5 cm³/mol. The first-order valence-corrected chi connectivity index (χ1v) is 7.11. The summed E-state index contributed by atoms with van der Waals surface area (Å²) >= 11 is 0. The van der Waals surface area contributed by atoms with Crippen LogP contribution in [0, 0.1) is 5.41 Å². The van der Waals surface area contributed by atoms with Crippen molar-refractivity contribution in [3.8, 4) is 5.75 Å². The molecule has 1 aliphatic carbocycles. The van der Waals surface area contributed by atoms with Gasteiger partial charge in [-0.1, -0.05) is 38.3 Å². The third kappa shape index (κ3) is 3.28. The monoisotopic (exact) mass is 262 g/mol. The quantitative estimate of drug-likeness (QED) is 0.880. The van der Waals surface area contributed by atoms with Gasteiger partial charge in [0.25, 0.3) is 0 Å². The normalized spacial score (nSPS) is 17.9. The van der Waals surface area contributed by atoms with Gasteiger partial charge in [0.1, 0.15) is 17.8 Å². The maximum Gasteiger partial charge on any atom is 0.313 e. The van der Waals surface area contributed by atoms with Crippen molar-refractivity contribution in [2.24, 2.45) is 5.41 Å². The SMILES string of the molecule is CCc1ccc(OCC2(C(=O)O)CCCCC2)cc1. The zero-order valence-electron chi connectivity index (χ0n) is 11.5. The van der Waals surface area contributed by atoms with E-state index in [1.807, 2.05) is 24.3 Å². The maximum absolute atomic E-state index is 11.5. The zero-order chi connectivity index (χ0) is 13.7.